The highest BCUT2D eigenvalue weighted by Gasteiger charge is 2.13. The third-order valence-electron chi connectivity index (χ3n) is 2.64. The monoisotopic (exact) mass is 248 g/mol. The Labute approximate surface area is 102 Å². The lowest BCUT2D eigenvalue weighted by molar-refractivity contribution is 0.569. The lowest BCUT2D eigenvalue weighted by Crippen LogP contribution is -2.03. The van der Waals surface area contributed by atoms with Crippen LogP contribution in [0, 0.1) is 5.92 Å². The third kappa shape index (κ3) is 3.12. The summed E-state index contributed by atoms with van der Waals surface area (Å²) in [5.41, 5.74) is 2.12. The van der Waals surface area contributed by atoms with Gasteiger partial charge in [0.1, 0.15) is 0 Å². The van der Waals surface area contributed by atoms with Gasteiger partial charge in [0.2, 0.25) is 0 Å². The Morgan fingerprint density at radius 3 is 2.60 bits per heavy atom. The summed E-state index contributed by atoms with van der Waals surface area (Å²) in [6.45, 7) is 4.22. The number of halogens is 2. The van der Waals surface area contributed by atoms with E-state index in [0.717, 1.165) is 35.7 Å². The summed E-state index contributed by atoms with van der Waals surface area (Å²) in [6, 6.07) is 0. The molecule has 1 heterocycles. The van der Waals surface area contributed by atoms with E-state index in [1.165, 1.54) is 0 Å². The number of aryl methyl sites for hydroxylation is 2. The molecule has 0 radical (unpaired) electrons. The average Bonchev–Trinajstić information content (AvgIpc) is 2.51. The highest BCUT2D eigenvalue weighted by molar-refractivity contribution is 6.31. The van der Waals surface area contributed by atoms with Gasteiger partial charge in [-0.2, -0.15) is 5.10 Å². The molecule has 2 nitrogen and oxygen atoms in total. The maximum Gasteiger partial charge on any atom is 0.0849 e. The minimum absolute atomic E-state index is 0.530. The van der Waals surface area contributed by atoms with E-state index in [2.05, 4.69) is 18.9 Å². The Bertz CT molecular complexity index is 321. The second-order valence-corrected chi connectivity index (χ2v) is 4.67. The fraction of sp³-hybridized carbons (Fsp3) is 0.727. The highest BCUT2D eigenvalue weighted by Crippen LogP contribution is 2.23. The Balaban J connectivity index is 2.72. The van der Waals surface area contributed by atoms with E-state index in [9.17, 15) is 0 Å². The van der Waals surface area contributed by atoms with Gasteiger partial charge in [-0.1, -0.05) is 25.4 Å². The van der Waals surface area contributed by atoms with Gasteiger partial charge in [-0.25, -0.2) is 0 Å². The van der Waals surface area contributed by atoms with Crippen molar-refractivity contribution in [2.75, 3.05) is 5.88 Å². The number of hydrogen-bond donors (Lipinski definition) is 0. The Kier molecular flexibility index (Phi) is 4.94. The van der Waals surface area contributed by atoms with Gasteiger partial charge >= 0.3 is 0 Å². The SMILES string of the molecule is CCc1nn(C)c(CCC(C)CCl)c1Cl. The molecule has 0 aliphatic carbocycles. The topological polar surface area (TPSA) is 17.8 Å². The van der Waals surface area contributed by atoms with Crippen LogP contribution in [0.2, 0.25) is 5.02 Å². The molecular weight excluding hydrogens is 231 g/mol. The molecule has 0 N–H and O–H groups in total. The first-order valence-electron chi connectivity index (χ1n) is 5.36. The van der Waals surface area contributed by atoms with E-state index < -0.39 is 0 Å². The molecule has 0 aromatic carbocycles. The summed E-state index contributed by atoms with van der Waals surface area (Å²) < 4.78 is 1.89. The Morgan fingerprint density at radius 1 is 1.47 bits per heavy atom. The smallest absolute Gasteiger partial charge is 0.0849 e. The van der Waals surface area contributed by atoms with E-state index in [1.807, 2.05) is 11.7 Å². The summed E-state index contributed by atoms with van der Waals surface area (Å²) in [5, 5.41) is 5.22. The molecule has 1 aromatic heterocycles. The van der Waals surface area contributed by atoms with Gasteiger partial charge < -0.3 is 0 Å². The van der Waals surface area contributed by atoms with Crippen molar-refractivity contribution in [3.05, 3.63) is 16.4 Å². The molecule has 0 spiro atoms. The maximum absolute atomic E-state index is 6.24. The van der Waals surface area contributed by atoms with E-state index in [1.54, 1.807) is 0 Å². The second kappa shape index (κ2) is 5.76. The number of rotatable bonds is 5. The molecule has 1 unspecified atom stereocenters. The average molecular weight is 249 g/mol. The van der Waals surface area contributed by atoms with Gasteiger partial charge in [0.25, 0.3) is 0 Å². The predicted octanol–water partition coefficient (Wildman–Crippen LogP) is 3.44. The van der Waals surface area contributed by atoms with Crippen LogP contribution in [-0.4, -0.2) is 15.7 Å². The van der Waals surface area contributed by atoms with Crippen LogP contribution in [0.15, 0.2) is 0 Å². The van der Waals surface area contributed by atoms with E-state index in [-0.39, 0.29) is 0 Å². The molecule has 0 saturated heterocycles. The fourth-order valence-corrected chi connectivity index (χ4v) is 2.09. The lowest BCUT2D eigenvalue weighted by atomic mass is 10.1. The van der Waals surface area contributed by atoms with Gasteiger partial charge in [0, 0.05) is 12.9 Å². The molecule has 0 aliphatic rings. The van der Waals surface area contributed by atoms with Crippen LogP contribution in [0.5, 0.6) is 0 Å². The van der Waals surface area contributed by atoms with Gasteiger partial charge in [0.05, 0.1) is 16.4 Å². The molecular formula is C11H18Cl2N2. The summed E-state index contributed by atoms with van der Waals surface area (Å²) in [4.78, 5) is 0. The first-order chi connectivity index (χ1) is 7.10. The maximum atomic E-state index is 6.24. The number of nitrogens with zero attached hydrogens (tertiary/aromatic N) is 2. The quantitative estimate of drug-likeness (QED) is 0.731. The van der Waals surface area contributed by atoms with E-state index in [0.29, 0.717) is 11.8 Å². The minimum atomic E-state index is 0.530. The minimum Gasteiger partial charge on any atom is -0.271 e. The van der Waals surface area contributed by atoms with Crippen molar-refractivity contribution in [3.63, 3.8) is 0 Å². The number of aromatic nitrogens is 2. The second-order valence-electron chi connectivity index (χ2n) is 3.98. The van der Waals surface area contributed by atoms with Crippen molar-refractivity contribution in [2.45, 2.75) is 33.1 Å². The van der Waals surface area contributed by atoms with E-state index in [4.69, 9.17) is 23.2 Å². The van der Waals surface area contributed by atoms with Crippen molar-refractivity contribution in [2.24, 2.45) is 13.0 Å². The molecule has 1 atom stereocenters. The van der Waals surface area contributed by atoms with Gasteiger partial charge in [-0.05, 0) is 25.2 Å². The third-order valence-corrected chi connectivity index (χ3v) is 3.60. The van der Waals surface area contributed by atoms with Crippen LogP contribution in [0.25, 0.3) is 0 Å². The highest BCUT2D eigenvalue weighted by atomic mass is 35.5. The van der Waals surface area contributed by atoms with E-state index >= 15 is 0 Å². The van der Waals surface area contributed by atoms with Crippen molar-refractivity contribution in [1.82, 2.24) is 9.78 Å². The number of alkyl halides is 1. The molecule has 1 rings (SSSR count). The Hall–Kier alpha value is -0.210. The largest absolute Gasteiger partial charge is 0.271 e. The summed E-state index contributed by atoms with van der Waals surface area (Å²) in [6.07, 6.45) is 2.90. The van der Waals surface area contributed by atoms with Crippen LogP contribution in [-0.2, 0) is 19.9 Å². The Morgan fingerprint density at radius 2 is 2.13 bits per heavy atom. The van der Waals surface area contributed by atoms with Crippen molar-refractivity contribution in [1.29, 1.82) is 0 Å². The summed E-state index contributed by atoms with van der Waals surface area (Å²) in [7, 11) is 1.95. The molecule has 0 saturated carbocycles. The molecule has 0 amide bonds. The normalized spacial score (nSPS) is 13.1. The zero-order valence-electron chi connectivity index (χ0n) is 9.56. The van der Waals surface area contributed by atoms with Crippen LogP contribution in [0.1, 0.15) is 31.7 Å². The first kappa shape index (κ1) is 12.9. The van der Waals surface area contributed by atoms with Crippen molar-refractivity contribution in [3.8, 4) is 0 Å². The molecule has 0 fully saturated rings. The summed E-state index contributed by atoms with van der Waals surface area (Å²) in [5.74, 6) is 1.23. The fourth-order valence-electron chi connectivity index (χ4n) is 1.55. The van der Waals surface area contributed by atoms with Gasteiger partial charge in [0.15, 0.2) is 0 Å². The predicted molar refractivity (Wildman–Crippen MR) is 65.8 cm³/mol. The molecule has 4 heteroatoms. The standard InChI is InChI=1S/C11H18Cl2N2/c1-4-9-11(13)10(15(3)14-9)6-5-8(2)7-12/h8H,4-7H2,1-3H3. The molecule has 15 heavy (non-hydrogen) atoms. The lowest BCUT2D eigenvalue weighted by Gasteiger charge is -2.07. The molecule has 0 bridgehead atoms. The van der Waals surface area contributed by atoms with Gasteiger partial charge in [-0.15, -0.1) is 11.6 Å². The summed E-state index contributed by atoms with van der Waals surface area (Å²) >= 11 is 12.0. The zero-order valence-corrected chi connectivity index (χ0v) is 11.1. The van der Waals surface area contributed by atoms with Gasteiger partial charge in [-0.3, -0.25) is 4.68 Å². The first-order valence-corrected chi connectivity index (χ1v) is 6.27. The van der Waals surface area contributed by atoms with Crippen molar-refractivity contribution >= 4 is 23.2 Å². The van der Waals surface area contributed by atoms with Crippen LogP contribution < -0.4 is 0 Å². The van der Waals surface area contributed by atoms with Crippen LogP contribution in [0.4, 0.5) is 0 Å². The molecule has 0 aliphatic heterocycles. The molecule has 1 aromatic rings. The zero-order chi connectivity index (χ0) is 11.4. The van der Waals surface area contributed by atoms with Crippen LogP contribution in [0.3, 0.4) is 0 Å². The number of hydrogen-bond acceptors (Lipinski definition) is 1. The van der Waals surface area contributed by atoms with Crippen molar-refractivity contribution < 1.29 is 0 Å². The molecule has 86 valence electrons. The van der Waals surface area contributed by atoms with Crippen LogP contribution >= 0.6 is 23.2 Å².